The fraction of sp³-hybridized carbons (Fsp3) is 0.356. The smallest absolute Gasteiger partial charge is 0.478 e. The van der Waals surface area contributed by atoms with Gasteiger partial charge in [0.25, 0.3) is 5.91 Å². The molecule has 28 nitrogen and oxygen atoms in total. The molecular weight excluding hydrogens is 1130 g/mol. The highest BCUT2D eigenvalue weighted by Gasteiger charge is 2.46. The molecule has 13 N–H and O–H groups in total. The number of anilines is 1. The van der Waals surface area contributed by atoms with Gasteiger partial charge >= 0.3 is 35.5 Å². The molecule has 2 aromatic carbocycles. The van der Waals surface area contributed by atoms with E-state index in [1.165, 1.54) is 6.08 Å². The van der Waals surface area contributed by atoms with Crippen LogP contribution in [0.25, 0.3) is 49.6 Å². The lowest BCUT2D eigenvalue weighted by molar-refractivity contribution is -0.125. The summed E-state index contributed by atoms with van der Waals surface area (Å²) in [4.78, 5) is 81.0. The fourth-order valence-electron chi connectivity index (χ4n) is 7.78. The summed E-state index contributed by atoms with van der Waals surface area (Å²) < 4.78 is 70.2. The summed E-state index contributed by atoms with van der Waals surface area (Å²) >= 11 is 0. The first-order chi connectivity index (χ1) is 37.0. The molecule has 0 saturated carbocycles. The number of phosphoric ester groups is 1. The van der Waals surface area contributed by atoms with Crippen LogP contribution < -0.4 is 32.8 Å². The van der Waals surface area contributed by atoms with E-state index in [-0.39, 0.29) is 35.3 Å². The van der Waals surface area contributed by atoms with Crippen molar-refractivity contribution in [2.75, 3.05) is 57.0 Å². The molecule has 0 spiro atoms. The first-order valence-corrected chi connectivity index (χ1v) is 30.1. The van der Waals surface area contributed by atoms with E-state index in [0.29, 0.717) is 82.4 Å². The second-order valence-electron chi connectivity index (χ2n) is 16.7. The molecule has 1 fully saturated rings. The number of aliphatic imine (C=N–C) groups is 1. The molecule has 78 heavy (non-hydrogen) atoms. The van der Waals surface area contributed by atoms with Gasteiger partial charge in [0.05, 0.1) is 47.8 Å². The number of hydrogen-bond donors (Lipinski definition) is 11. The minimum atomic E-state index is -5.81. The van der Waals surface area contributed by atoms with Gasteiger partial charge in [0.2, 0.25) is 0 Å². The molecule has 418 valence electrons. The highest BCUT2D eigenvalue weighted by molar-refractivity contribution is 8.76. The van der Waals surface area contributed by atoms with Gasteiger partial charge in [-0.05, 0) is 78.4 Å². The van der Waals surface area contributed by atoms with Crippen LogP contribution in [0.5, 0.6) is 0 Å². The summed E-state index contributed by atoms with van der Waals surface area (Å²) in [5.41, 5.74) is 24.9. The van der Waals surface area contributed by atoms with E-state index in [1.54, 1.807) is 76.2 Å². The number of hydrogen-bond acceptors (Lipinski definition) is 20. The number of dihydropyridines is 1. The predicted molar refractivity (Wildman–Crippen MR) is 287 cm³/mol. The number of azide groups is 1. The number of ether oxygens (including phenoxy) is 3. The number of carbonyl (C=O) groups is 3. The van der Waals surface area contributed by atoms with Crippen LogP contribution in [0.4, 0.5) is 10.5 Å². The molecule has 0 aromatic heterocycles. The standard InChI is InChI=1S/C45H53N10O18P3S2/c1-26(27-7-10-31(44(57)58)34(18-27)41-32-11-8-29(46)20-36(32)70-37-21-30(47)9-12-33(37)41)50-15-17-77-78-25-67-16-4-2-3-13-51-45(59)52-14-5-6-28-19-35(43(56)54-42(28)48)38-22-39(68-24-53-55-49)40(71-38)23-69-75(63,64)73-76(65,66)72-74(60,61)62/h7-12,18-21,35,38-40,46,50H,1-4,13-17,22-25,47H2,(H,57,58)(H,63,64)(H,65,66)(H2,48,54,56)(H2,51,52,59)(H2,60,61,62)/t35?,38-,39?,40-/m1/s1. The Hall–Kier alpha value is -6.05. The number of phosphoric acid groups is 3. The number of nitrogen functional groups attached to an aromatic ring is 1. The van der Waals surface area contributed by atoms with Crippen LogP contribution in [0, 0.1) is 23.2 Å². The number of nitrogens with zero attached hydrogens (tertiary/aromatic N) is 4. The lowest BCUT2D eigenvalue weighted by atomic mass is 9.89. The molecule has 3 amide bonds. The number of amidine groups is 1. The van der Waals surface area contributed by atoms with Crippen molar-refractivity contribution in [3.8, 4) is 34.3 Å². The third-order valence-corrected chi connectivity index (χ3v) is 17.1. The van der Waals surface area contributed by atoms with Crippen molar-refractivity contribution in [3.05, 3.63) is 99.8 Å². The van der Waals surface area contributed by atoms with E-state index < -0.39 is 78.9 Å². The Balaban J connectivity index is 0.859. The number of fused-ring (bicyclic) bond motifs is 2. The van der Waals surface area contributed by atoms with Crippen molar-refractivity contribution in [3.63, 3.8) is 0 Å². The molecule has 33 heteroatoms. The van der Waals surface area contributed by atoms with E-state index in [1.807, 2.05) is 0 Å². The Morgan fingerprint density at radius 1 is 0.974 bits per heavy atom. The van der Waals surface area contributed by atoms with Gasteiger partial charge in [0, 0.05) is 76.8 Å². The van der Waals surface area contributed by atoms with Gasteiger partial charge < -0.3 is 76.1 Å². The topological polar surface area (TPSA) is 445 Å². The van der Waals surface area contributed by atoms with Gasteiger partial charge in [0.15, 0.2) is 0 Å². The zero-order chi connectivity index (χ0) is 56.6. The fourth-order valence-corrected chi connectivity index (χ4v) is 12.4. The molecule has 2 aromatic rings. The lowest BCUT2D eigenvalue weighted by Gasteiger charge is -2.22. The van der Waals surface area contributed by atoms with Crippen molar-refractivity contribution < 1.29 is 84.5 Å². The Kier molecular flexibility index (Phi) is 22.1. The number of nitrogens with two attached hydrogens (primary N) is 2. The zero-order valence-corrected chi connectivity index (χ0v) is 45.2. The van der Waals surface area contributed by atoms with Crippen molar-refractivity contribution in [2.24, 2.45) is 21.8 Å². The van der Waals surface area contributed by atoms with E-state index >= 15 is 0 Å². The van der Waals surface area contributed by atoms with Crippen molar-refractivity contribution in [1.82, 2.24) is 16.0 Å². The van der Waals surface area contributed by atoms with E-state index in [4.69, 9.17) is 50.8 Å². The second-order valence-corrected chi connectivity index (χ2v) is 23.6. The van der Waals surface area contributed by atoms with E-state index in [9.17, 15) is 43.0 Å². The zero-order valence-electron chi connectivity index (χ0n) is 40.9. The van der Waals surface area contributed by atoms with Crippen molar-refractivity contribution in [1.29, 1.82) is 5.41 Å². The molecule has 6 rings (SSSR count). The number of nitrogens with one attached hydrogen (secondary N) is 4. The third-order valence-electron chi connectivity index (χ3n) is 11.2. The lowest BCUT2D eigenvalue weighted by Crippen LogP contribution is -2.36. The highest BCUT2D eigenvalue weighted by Crippen LogP contribution is 2.66. The van der Waals surface area contributed by atoms with Gasteiger partial charge in [-0.2, -0.15) is 13.6 Å². The average Bonchev–Trinajstić information content (AvgIpc) is 3.82. The molecule has 0 bridgehead atoms. The van der Waals surface area contributed by atoms with Crippen LogP contribution >= 0.6 is 45.1 Å². The normalized spacial score (nSPS) is 18.8. The number of carboxylic acids is 1. The molecule has 4 aliphatic rings. The van der Waals surface area contributed by atoms with Gasteiger partial charge in [-0.3, -0.25) is 9.32 Å². The maximum atomic E-state index is 12.9. The number of aromatic carboxylic acids is 1. The Morgan fingerprint density at radius 3 is 2.53 bits per heavy atom. The predicted octanol–water partition coefficient (Wildman–Crippen LogP) is 5.95. The summed E-state index contributed by atoms with van der Waals surface area (Å²) in [7, 11) is -13.8. The van der Waals surface area contributed by atoms with Gasteiger partial charge in [-0.25, -0.2) is 23.3 Å². The quantitative estimate of drug-likeness (QED) is 0.00299. The number of urea groups is 1. The molecular formula is C45H53N10O18P3S2. The van der Waals surface area contributed by atoms with Gasteiger partial charge in [-0.1, -0.05) is 51.2 Å². The molecule has 3 heterocycles. The van der Waals surface area contributed by atoms with Crippen LogP contribution in [0.1, 0.15) is 41.6 Å². The third kappa shape index (κ3) is 18.3. The SMILES string of the molecule is C=C(NCCSSCOCCCCCNC(=O)NCC#CC1=CC([C@H]2CC(OCN=[N+]=[N-])[C@@H](COP(=O)(O)OP(=O)(O)OP(=O)(O)O)O2)C(=O)N=C1N)c1ccc(C(=O)O)c(-c2c3ccc(=N)cc-3oc3cc(N)ccc23)c1. The van der Waals surface area contributed by atoms with E-state index in [2.05, 4.69) is 62.5 Å². The summed E-state index contributed by atoms with van der Waals surface area (Å²) in [6.07, 6.45) is 0.0585. The Labute approximate surface area is 452 Å². The Bertz CT molecular complexity index is 3250. The molecule has 1 saturated heterocycles. The van der Waals surface area contributed by atoms with Gasteiger partial charge in [-0.15, -0.1) is 0 Å². The molecule has 6 atom stereocenters. The number of carbonyl (C=O) groups excluding carboxylic acids is 2. The maximum absolute atomic E-state index is 12.9. The number of unbranched alkanes of at least 4 members (excludes halogenated alkanes) is 2. The number of amides is 3. The minimum absolute atomic E-state index is 0.0947. The summed E-state index contributed by atoms with van der Waals surface area (Å²) in [6, 6.07) is 14.7. The van der Waals surface area contributed by atoms with Crippen molar-refractivity contribution in [2.45, 2.75) is 44.0 Å². The van der Waals surface area contributed by atoms with Gasteiger partial charge in [0.1, 0.15) is 36.0 Å². The van der Waals surface area contributed by atoms with Crippen LogP contribution in [0.2, 0.25) is 0 Å². The van der Waals surface area contributed by atoms with E-state index in [0.717, 1.165) is 18.6 Å². The molecule has 3 aliphatic heterocycles. The second kappa shape index (κ2) is 28.2. The van der Waals surface area contributed by atoms with Crippen molar-refractivity contribution >= 4 is 91.2 Å². The molecule has 4 unspecified atom stereocenters. The van der Waals surface area contributed by atoms with Crippen LogP contribution in [-0.4, -0.2) is 118 Å². The van der Waals surface area contributed by atoms with Crippen LogP contribution in [-0.2, 0) is 45.8 Å². The first-order valence-electron chi connectivity index (χ1n) is 23.1. The summed E-state index contributed by atoms with van der Waals surface area (Å²) in [5, 5.41) is 31.1. The first kappa shape index (κ1) is 61.2. The average molecular weight is 1180 g/mol. The number of carboxylic acid groups (broad SMARTS) is 1. The monoisotopic (exact) mass is 1180 g/mol. The Morgan fingerprint density at radius 2 is 1.77 bits per heavy atom. The number of rotatable bonds is 28. The summed E-state index contributed by atoms with van der Waals surface area (Å²) in [5.74, 6) is 3.88. The summed E-state index contributed by atoms with van der Waals surface area (Å²) in [6.45, 7) is 4.13. The number of benzene rings is 3. The minimum Gasteiger partial charge on any atom is -0.478 e. The maximum Gasteiger partial charge on any atom is 0.490 e. The molecule has 0 radical (unpaired) electrons. The van der Waals surface area contributed by atoms with Crippen LogP contribution in [0.15, 0.2) is 87.3 Å². The van der Waals surface area contributed by atoms with Crippen LogP contribution in [0.3, 0.4) is 0 Å². The highest BCUT2D eigenvalue weighted by atomic mass is 33.1. The largest absolute Gasteiger partial charge is 0.490 e. The molecule has 1 aliphatic carbocycles.